The summed E-state index contributed by atoms with van der Waals surface area (Å²) in [6.45, 7) is 2.03. The molecule has 1 N–H and O–H groups in total. The van der Waals surface area contributed by atoms with Crippen molar-refractivity contribution in [1.82, 2.24) is 0 Å². The van der Waals surface area contributed by atoms with Crippen LogP contribution in [0.25, 0.3) is 0 Å². The van der Waals surface area contributed by atoms with Gasteiger partial charge in [-0.05, 0) is 48.9 Å². The van der Waals surface area contributed by atoms with Gasteiger partial charge in [-0.3, -0.25) is 19.3 Å². The van der Waals surface area contributed by atoms with Crippen molar-refractivity contribution in [1.29, 1.82) is 0 Å². The molecule has 7 nitrogen and oxygen atoms in total. The van der Waals surface area contributed by atoms with E-state index in [4.69, 9.17) is 4.74 Å². The number of rotatable bonds is 8. The molecule has 1 fully saturated rings. The summed E-state index contributed by atoms with van der Waals surface area (Å²) < 4.78 is 4.85. The molecule has 31 heavy (non-hydrogen) atoms. The summed E-state index contributed by atoms with van der Waals surface area (Å²) in [7, 11) is 3.95. The molecule has 3 rings (SSSR count). The Morgan fingerprint density at radius 1 is 1.16 bits per heavy atom. The van der Waals surface area contributed by atoms with Crippen LogP contribution in [0.2, 0.25) is 0 Å². The van der Waals surface area contributed by atoms with E-state index in [9.17, 15) is 14.4 Å². The van der Waals surface area contributed by atoms with Crippen LogP contribution in [0.3, 0.4) is 0 Å². The molecule has 8 heteroatoms. The van der Waals surface area contributed by atoms with Gasteiger partial charge in [0.25, 0.3) is 0 Å². The molecule has 164 valence electrons. The van der Waals surface area contributed by atoms with Crippen LogP contribution < -0.4 is 15.1 Å². The van der Waals surface area contributed by atoms with Crippen LogP contribution in [0.4, 0.5) is 17.1 Å². The standard InChI is InChI=1S/C23H27N3O4S/c1-4-30-22(29)13-12-20(27)24-17-7-5-6-16(14-17)23-26(21(28)15-31-23)19-10-8-18(9-11-19)25(2)3/h5-11,14,23H,4,12-13,15H2,1-3H3,(H,24,27). The second-order valence-electron chi connectivity index (χ2n) is 7.32. The number of anilines is 3. The van der Waals surface area contributed by atoms with Crippen molar-refractivity contribution in [2.75, 3.05) is 41.6 Å². The van der Waals surface area contributed by atoms with Crippen LogP contribution >= 0.6 is 11.8 Å². The lowest BCUT2D eigenvalue weighted by atomic mass is 10.1. The van der Waals surface area contributed by atoms with Crippen LogP contribution in [0, 0.1) is 0 Å². The van der Waals surface area contributed by atoms with E-state index in [0.717, 1.165) is 16.9 Å². The monoisotopic (exact) mass is 441 g/mol. The van der Waals surface area contributed by atoms with Crippen molar-refractivity contribution in [3.63, 3.8) is 0 Å². The van der Waals surface area contributed by atoms with E-state index in [1.165, 1.54) is 0 Å². The first-order chi connectivity index (χ1) is 14.9. The first kappa shape index (κ1) is 22.7. The van der Waals surface area contributed by atoms with Crippen molar-refractivity contribution in [2.24, 2.45) is 0 Å². The average Bonchev–Trinajstić information content (AvgIpc) is 3.14. The summed E-state index contributed by atoms with van der Waals surface area (Å²) in [4.78, 5) is 40.1. The number of ether oxygens (including phenoxy) is 1. The van der Waals surface area contributed by atoms with E-state index >= 15 is 0 Å². The smallest absolute Gasteiger partial charge is 0.306 e. The third-order valence-corrected chi connectivity index (χ3v) is 6.04. The minimum atomic E-state index is -0.386. The molecule has 1 aliphatic rings. The van der Waals surface area contributed by atoms with E-state index in [2.05, 4.69) is 5.32 Å². The number of benzene rings is 2. The van der Waals surface area contributed by atoms with Gasteiger partial charge in [0.2, 0.25) is 11.8 Å². The van der Waals surface area contributed by atoms with Crippen LogP contribution in [0.5, 0.6) is 0 Å². The first-order valence-electron chi connectivity index (χ1n) is 10.2. The topological polar surface area (TPSA) is 78.9 Å². The van der Waals surface area contributed by atoms with Crippen LogP contribution in [-0.2, 0) is 19.1 Å². The molecule has 0 spiro atoms. The zero-order valence-corrected chi connectivity index (χ0v) is 18.8. The van der Waals surface area contributed by atoms with Crippen molar-refractivity contribution < 1.29 is 19.1 Å². The van der Waals surface area contributed by atoms with Crippen molar-refractivity contribution in [3.8, 4) is 0 Å². The fraction of sp³-hybridized carbons (Fsp3) is 0.348. The van der Waals surface area contributed by atoms with Crippen LogP contribution in [0.1, 0.15) is 30.7 Å². The van der Waals surface area contributed by atoms with Gasteiger partial charge in [-0.25, -0.2) is 0 Å². The number of nitrogens with one attached hydrogen (secondary N) is 1. The number of carbonyl (C=O) groups excluding carboxylic acids is 3. The normalized spacial score (nSPS) is 15.6. The zero-order valence-electron chi connectivity index (χ0n) is 18.0. The Balaban J connectivity index is 1.72. The lowest BCUT2D eigenvalue weighted by Crippen LogP contribution is -2.27. The SMILES string of the molecule is CCOC(=O)CCC(=O)Nc1cccc(C2SCC(=O)N2c2ccc(N(C)C)cc2)c1. The predicted octanol–water partition coefficient (Wildman–Crippen LogP) is 3.81. The molecular formula is C23H27N3O4S. The predicted molar refractivity (Wildman–Crippen MR) is 124 cm³/mol. The summed E-state index contributed by atoms with van der Waals surface area (Å²) in [5.41, 5.74) is 3.46. The van der Waals surface area contributed by atoms with Gasteiger partial charge < -0.3 is 15.0 Å². The summed E-state index contributed by atoms with van der Waals surface area (Å²) in [6, 6.07) is 15.4. The van der Waals surface area contributed by atoms with Gasteiger partial charge in [0.1, 0.15) is 5.37 Å². The summed E-state index contributed by atoms with van der Waals surface area (Å²) in [6.07, 6.45) is 0.104. The highest BCUT2D eigenvalue weighted by Crippen LogP contribution is 2.42. The molecule has 0 saturated carbocycles. The largest absolute Gasteiger partial charge is 0.466 e. The number of hydrogen-bond acceptors (Lipinski definition) is 6. The number of carbonyl (C=O) groups is 3. The second kappa shape index (κ2) is 10.3. The molecule has 2 amide bonds. The van der Waals surface area contributed by atoms with Gasteiger partial charge in [0.05, 0.1) is 18.8 Å². The second-order valence-corrected chi connectivity index (χ2v) is 8.39. The third-order valence-electron chi connectivity index (χ3n) is 4.83. The molecule has 1 unspecified atom stereocenters. The van der Waals surface area contributed by atoms with Crippen LogP contribution in [-0.4, -0.2) is 44.2 Å². The first-order valence-corrected chi connectivity index (χ1v) is 11.2. The number of nitrogens with zero attached hydrogens (tertiary/aromatic N) is 2. The zero-order chi connectivity index (χ0) is 22.4. The summed E-state index contributed by atoms with van der Waals surface area (Å²) in [5, 5.41) is 2.65. The lowest BCUT2D eigenvalue weighted by Gasteiger charge is -2.25. The molecule has 1 saturated heterocycles. The highest BCUT2D eigenvalue weighted by molar-refractivity contribution is 8.00. The van der Waals surface area contributed by atoms with E-state index in [1.54, 1.807) is 29.7 Å². The van der Waals surface area contributed by atoms with Crippen molar-refractivity contribution in [3.05, 3.63) is 54.1 Å². The number of hydrogen-bond donors (Lipinski definition) is 1. The average molecular weight is 442 g/mol. The molecule has 0 aliphatic carbocycles. The fourth-order valence-corrected chi connectivity index (χ4v) is 4.47. The Morgan fingerprint density at radius 3 is 2.58 bits per heavy atom. The Labute approximate surface area is 186 Å². The van der Waals surface area contributed by atoms with E-state index in [1.807, 2.05) is 61.5 Å². The Bertz CT molecular complexity index is 946. The Hall–Kier alpha value is -3.00. The van der Waals surface area contributed by atoms with Crippen LogP contribution in [0.15, 0.2) is 48.5 Å². The molecule has 1 atom stereocenters. The molecule has 1 heterocycles. The maximum atomic E-state index is 12.6. The van der Waals surface area contributed by atoms with Gasteiger partial charge in [0.15, 0.2) is 0 Å². The fourth-order valence-electron chi connectivity index (χ4n) is 3.30. The van der Waals surface area contributed by atoms with Gasteiger partial charge >= 0.3 is 5.97 Å². The molecule has 0 bridgehead atoms. The number of amides is 2. The molecule has 2 aromatic rings. The van der Waals surface area contributed by atoms with Gasteiger partial charge in [-0.15, -0.1) is 11.8 Å². The maximum Gasteiger partial charge on any atom is 0.306 e. The van der Waals surface area contributed by atoms with Gasteiger partial charge in [0, 0.05) is 37.6 Å². The third kappa shape index (κ3) is 5.79. The van der Waals surface area contributed by atoms with E-state index < -0.39 is 0 Å². The Kier molecular flexibility index (Phi) is 7.57. The van der Waals surface area contributed by atoms with Gasteiger partial charge in [-0.2, -0.15) is 0 Å². The van der Waals surface area contributed by atoms with E-state index in [-0.39, 0.29) is 36.0 Å². The quantitative estimate of drug-likeness (QED) is 0.628. The van der Waals surface area contributed by atoms with Crippen molar-refractivity contribution >= 4 is 46.6 Å². The summed E-state index contributed by atoms with van der Waals surface area (Å²) in [5.74, 6) is -0.188. The number of thioether (sulfide) groups is 1. The molecule has 0 radical (unpaired) electrons. The highest BCUT2D eigenvalue weighted by atomic mass is 32.2. The minimum absolute atomic E-state index is 0.0447. The molecule has 0 aromatic heterocycles. The van der Waals surface area contributed by atoms with E-state index in [0.29, 0.717) is 18.0 Å². The molecule has 2 aromatic carbocycles. The molecule has 1 aliphatic heterocycles. The van der Waals surface area contributed by atoms with Crippen molar-refractivity contribution in [2.45, 2.75) is 25.1 Å². The summed E-state index contributed by atoms with van der Waals surface area (Å²) >= 11 is 1.56. The molecular weight excluding hydrogens is 414 g/mol. The Morgan fingerprint density at radius 2 is 1.90 bits per heavy atom. The lowest BCUT2D eigenvalue weighted by molar-refractivity contribution is -0.144. The highest BCUT2D eigenvalue weighted by Gasteiger charge is 2.34. The number of esters is 1. The maximum absolute atomic E-state index is 12.6. The minimum Gasteiger partial charge on any atom is -0.466 e. The van der Waals surface area contributed by atoms with Gasteiger partial charge in [-0.1, -0.05) is 12.1 Å².